The minimum Gasteiger partial charge on any atom is -0.504 e. The van der Waals surface area contributed by atoms with Crippen molar-refractivity contribution in [1.82, 2.24) is 4.98 Å². The number of primary sulfonamides is 1. The molecule has 0 aliphatic carbocycles. The first-order valence-electron chi connectivity index (χ1n) is 4.34. The van der Waals surface area contributed by atoms with Crippen LogP contribution in [0, 0.1) is 0 Å². The summed E-state index contributed by atoms with van der Waals surface area (Å²) in [6.07, 6.45) is 0. The lowest BCUT2D eigenvalue weighted by molar-refractivity contribution is 0.374. The predicted molar refractivity (Wildman–Crippen MR) is 57.9 cm³/mol. The van der Waals surface area contributed by atoms with Gasteiger partial charge in [-0.1, -0.05) is 0 Å². The Hall–Kier alpha value is -1.73. The summed E-state index contributed by atoms with van der Waals surface area (Å²) >= 11 is 0. The molecule has 0 aliphatic heterocycles. The van der Waals surface area contributed by atoms with Crippen molar-refractivity contribution < 1.29 is 18.3 Å². The fraction of sp³-hybridized carbons (Fsp3) is 0.111. The number of fused-ring (bicyclic) bond motifs is 1. The van der Waals surface area contributed by atoms with Crippen molar-refractivity contribution in [2.45, 2.75) is 5.03 Å². The molecular formula is C9H10N2O4S. The number of nitrogens with one attached hydrogen (secondary N) is 1. The third-order valence-electron chi connectivity index (χ3n) is 2.20. The minimum atomic E-state index is -3.78. The van der Waals surface area contributed by atoms with Crippen LogP contribution in [0.5, 0.6) is 11.5 Å². The summed E-state index contributed by atoms with van der Waals surface area (Å²) in [5, 5.41) is 14.9. The van der Waals surface area contributed by atoms with Gasteiger partial charge in [-0.15, -0.1) is 0 Å². The first-order chi connectivity index (χ1) is 7.41. The zero-order valence-corrected chi connectivity index (χ0v) is 9.21. The van der Waals surface area contributed by atoms with Gasteiger partial charge in [0, 0.05) is 11.5 Å². The first-order valence-corrected chi connectivity index (χ1v) is 5.89. The van der Waals surface area contributed by atoms with E-state index in [1.54, 1.807) is 0 Å². The molecule has 1 aromatic carbocycles. The lowest BCUT2D eigenvalue weighted by atomic mass is 10.2. The van der Waals surface area contributed by atoms with Gasteiger partial charge in [0.2, 0.25) is 0 Å². The van der Waals surface area contributed by atoms with E-state index in [0.717, 1.165) is 0 Å². The van der Waals surface area contributed by atoms with Crippen molar-refractivity contribution in [3.63, 3.8) is 0 Å². The maximum absolute atomic E-state index is 11.1. The summed E-state index contributed by atoms with van der Waals surface area (Å²) < 4.78 is 27.1. The summed E-state index contributed by atoms with van der Waals surface area (Å²) in [6.45, 7) is 0. The van der Waals surface area contributed by atoms with Gasteiger partial charge in [0.25, 0.3) is 10.0 Å². The standard InChI is InChI=1S/C9H10N2O4S/c1-15-8-4-6-5(2-7(8)12)3-9(11-6)16(10,13)14/h2-4,11-12H,1H3,(H2,10,13,14). The molecule has 0 bridgehead atoms. The number of phenols is 1. The number of sulfonamides is 1. The number of aromatic hydroxyl groups is 1. The van der Waals surface area contributed by atoms with Gasteiger partial charge in [0.05, 0.1) is 12.6 Å². The van der Waals surface area contributed by atoms with E-state index >= 15 is 0 Å². The fourth-order valence-electron chi connectivity index (χ4n) is 1.44. The van der Waals surface area contributed by atoms with Gasteiger partial charge in [0.15, 0.2) is 11.5 Å². The Bertz CT molecular complexity index is 645. The Kier molecular flexibility index (Phi) is 2.28. The average molecular weight is 242 g/mol. The number of hydrogen-bond donors (Lipinski definition) is 3. The molecule has 0 aliphatic rings. The summed E-state index contributed by atoms with van der Waals surface area (Å²) in [4.78, 5) is 2.63. The lowest BCUT2D eigenvalue weighted by Crippen LogP contribution is -2.12. The van der Waals surface area contributed by atoms with Crippen molar-refractivity contribution in [2.75, 3.05) is 7.11 Å². The van der Waals surface area contributed by atoms with E-state index in [2.05, 4.69) is 4.98 Å². The average Bonchev–Trinajstić information content (AvgIpc) is 2.58. The van der Waals surface area contributed by atoms with Crippen LogP contribution in [0.25, 0.3) is 10.9 Å². The molecule has 6 nitrogen and oxygen atoms in total. The molecule has 0 unspecified atom stereocenters. The number of H-pyrrole nitrogens is 1. The van der Waals surface area contributed by atoms with E-state index in [0.29, 0.717) is 10.9 Å². The van der Waals surface area contributed by atoms with Gasteiger partial charge in [-0.3, -0.25) is 0 Å². The number of benzene rings is 1. The third-order valence-corrected chi connectivity index (χ3v) is 3.03. The van der Waals surface area contributed by atoms with Crippen LogP contribution in [-0.2, 0) is 10.0 Å². The number of ether oxygens (including phenoxy) is 1. The van der Waals surface area contributed by atoms with Gasteiger partial charge in [-0.2, -0.15) is 0 Å². The Morgan fingerprint density at radius 3 is 2.62 bits per heavy atom. The molecule has 7 heteroatoms. The second kappa shape index (κ2) is 3.39. The van der Waals surface area contributed by atoms with Gasteiger partial charge in [0.1, 0.15) is 5.03 Å². The summed E-state index contributed by atoms with van der Waals surface area (Å²) in [5.41, 5.74) is 0.527. The maximum Gasteiger partial charge on any atom is 0.253 e. The molecule has 0 atom stereocenters. The summed E-state index contributed by atoms with van der Waals surface area (Å²) in [7, 11) is -2.37. The molecule has 0 spiro atoms. The molecule has 2 rings (SSSR count). The molecule has 2 aromatic rings. The van der Waals surface area contributed by atoms with Crippen LogP contribution in [0.3, 0.4) is 0 Å². The smallest absolute Gasteiger partial charge is 0.253 e. The predicted octanol–water partition coefficient (Wildman–Crippen LogP) is 0.529. The monoisotopic (exact) mass is 242 g/mol. The van der Waals surface area contributed by atoms with Crippen LogP contribution < -0.4 is 9.88 Å². The van der Waals surface area contributed by atoms with Crippen LogP contribution in [0.4, 0.5) is 0 Å². The molecule has 86 valence electrons. The van der Waals surface area contributed by atoms with Gasteiger partial charge in [-0.25, -0.2) is 13.6 Å². The van der Waals surface area contributed by atoms with Crippen LogP contribution in [0.1, 0.15) is 0 Å². The second-order valence-electron chi connectivity index (χ2n) is 3.29. The van der Waals surface area contributed by atoms with Crippen LogP contribution in [0.15, 0.2) is 23.2 Å². The Morgan fingerprint density at radius 2 is 2.06 bits per heavy atom. The van der Waals surface area contributed by atoms with E-state index in [4.69, 9.17) is 9.88 Å². The van der Waals surface area contributed by atoms with Gasteiger partial charge < -0.3 is 14.8 Å². The SMILES string of the molecule is COc1cc2[nH]c(S(N)(=O)=O)cc2cc1O. The number of hydrogen-bond acceptors (Lipinski definition) is 4. The zero-order chi connectivity index (χ0) is 11.9. The summed E-state index contributed by atoms with van der Waals surface area (Å²) in [6, 6.07) is 4.25. The molecule has 0 fully saturated rings. The van der Waals surface area contributed by atoms with E-state index in [1.165, 1.54) is 25.3 Å². The molecular weight excluding hydrogens is 232 g/mol. The number of aromatic nitrogens is 1. The van der Waals surface area contributed by atoms with E-state index in [1.807, 2.05) is 0 Å². The zero-order valence-electron chi connectivity index (χ0n) is 8.39. The summed E-state index contributed by atoms with van der Waals surface area (Å²) in [5.74, 6) is 0.199. The number of nitrogens with two attached hydrogens (primary N) is 1. The molecule has 0 amide bonds. The van der Waals surface area contributed by atoms with Crippen LogP contribution in [0.2, 0.25) is 0 Å². The lowest BCUT2D eigenvalue weighted by Gasteiger charge is -2.02. The molecule has 0 radical (unpaired) electrons. The fourth-order valence-corrected chi connectivity index (χ4v) is 1.98. The topological polar surface area (TPSA) is 105 Å². The minimum absolute atomic E-state index is 0.0602. The number of methoxy groups -OCH3 is 1. The highest BCUT2D eigenvalue weighted by Crippen LogP contribution is 2.31. The number of phenolic OH excluding ortho intramolecular Hbond substituents is 1. The van der Waals surface area contributed by atoms with Crippen LogP contribution >= 0.6 is 0 Å². The molecule has 1 aromatic heterocycles. The van der Waals surface area contributed by atoms with E-state index in [9.17, 15) is 13.5 Å². The molecule has 1 heterocycles. The highest BCUT2D eigenvalue weighted by molar-refractivity contribution is 7.89. The Balaban J connectivity index is 2.72. The normalized spacial score (nSPS) is 11.9. The van der Waals surface area contributed by atoms with Gasteiger partial charge in [-0.05, 0) is 12.1 Å². The van der Waals surface area contributed by atoms with Crippen molar-refractivity contribution in [2.24, 2.45) is 5.14 Å². The third kappa shape index (κ3) is 1.70. The number of aromatic amines is 1. The Morgan fingerprint density at radius 1 is 1.38 bits per heavy atom. The number of rotatable bonds is 2. The van der Waals surface area contributed by atoms with E-state index < -0.39 is 10.0 Å². The second-order valence-corrected chi connectivity index (χ2v) is 4.82. The van der Waals surface area contributed by atoms with Crippen molar-refractivity contribution in [3.8, 4) is 11.5 Å². The molecule has 0 saturated carbocycles. The quantitative estimate of drug-likeness (QED) is 0.714. The largest absolute Gasteiger partial charge is 0.504 e. The maximum atomic E-state index is 11.1. The Labute approximate surface area is 91.7 Å². The molecule has 16 heavy (non-hydrogen) atoms. The molecule has 4 N–H and O–H groups in total. The van der Waals surface area contributed by atoms with Crippen molar-refractivity contribution >= 4 is 20.9 Å². The van der Waals surface area contributed by atoms with Crippen molar-refractivity contribution in [1.29, 1.82) is 0 Å². The van der Waals surface area contributed by atoms with Crippen molar-refractivity contribution in [3.05, 3.63) is 18.2 Å². The highest BCUT2D eigenvalue weighted by atomic mass is 32.2. The molecule has 0 saturated heterocycles. The van der Waals surface area contributed by atoms with Gasteiger partial charge >= 0.3 is 0 Å². The highest BCUT2D eigenvalue weighted by Gasteiger charge is 2.13. The van der Waals surface area contributed by atoms with E-state index in [-0.39, 0.29) is 16.5 Å². The van der Waals surface area contributed by atoms with Crippen LogP contribution in [-0.4, -0.2) is 25.6 Å². The first kappa shape index (κ1) is 10.8.